The number of hydrogen-bond donors (Lipinski definition) is 0. The summed E-state index contributed by atoms with van der Waals surface area (Å²) in [4.78, 5) is 23.1. The number of aromatic nitrogens is 2. The molecule has 3 heterocycles. The molecular formula is C19H18FN3O2S2. The van der Waals surface area contributed by atoms with Gasteiger partial charge in [0.15, 0.2) is 5.13 Å². The number of methoxy groups -OCH3 is 1. The first-order chi connectivity index (χ1) is 13.1. The van der Waals surface area contributed by atoms with Crippen LogP contribution in [0.4, 0.5) is 9.52 Å². The Kier molecular flexibility index (Phi) is 5.27. The van der Waals surface area contributed by atoms with Gasteiger partial charge >= 0.3 is 5.97 Å². The molecule has 4 rings (SSSR count). The second kappa shape index (κ2) is 7.82. The first-order valence-electron chi connectivity index (χ1n) is 8.60. The van der Waals surface area contributed by atoms with Crippen LogP contribution in [-0.2, 0) is 11.2 Å². The molecule has 140 valence electrons. The molecule has 0 amide bonds. The van der Waals surface area contributed by atoms with Crippen LogP contribution in [0.3, 0.4) is 0 Å². The molecule has 2 aromatic heterocycles. The Hall–Kier alpha value is -2.19. The summed E-state index contributed by atoms with van der Waals surface area (Å²) in [5, 5.41) is 0.938. The standard InChI is InChI=1S/C19H18FN3O2S2/c1-25-18(24)15-4-2-3-14(21-15)10-12-9-13(20)11-16-17(12)22-19(27-16)23-5-7-26-8-6-23/h2-4,9,11H,5-8,10H2,1H3. The molecule has 0 aliphatic carbocycles. The van der Waals surface area contributed by atoms with Crippen molar-refractivity contribution < 1.29 is 13.9 Å². The van der Waals surface area contributed by atoms with Gasteiger partial charge in [-0.15, -0.1) is 0 Å². The van der Waals surface area contributed by atoms with Crippen molar-refractivity contribution in [3.05, 3.63) is 53.1 Å². The van der Waals surface area contributed by atoms with Gasteiger partial charge in [-0.05, 0) is 29.8 Å². The van der Waals surface area contributed by atoms with Crippen LogP contribution in [0.2, 0.25) is 0 Å². The van der Waals surface area contributed by atoms with Gasteiger partial charge in [-0.3, -0.25) is 0 Å². The minimum Gasteiger partial charge on any atom is -0.464 e. The number of ether oxygens (including phenoxy) is 1. The van der Waals surface area contributed by atoms with Gasteiger partial charge < -0.3 is 9.64 Å². The maximum Gasteiger partial charge on any atom is 0.356 e. The van der Waals surface area contributed by atoms with Crippen molar-refractivity contribution in [2.45, 2.75) is 6.42 Å². The molecule has 5 nitrogen and oxygen atoms in total. The molecule has 1 aliphatic heterocycles. The molecule has 0 N–H and O–H groups in total. The van der Waals surface area contributed by atoms with Gasteiger partial charge in [0.25, 0.3) is 0 Å². The molecule has 1 saturated heterocycles. The summed E-state index contributed by atoms with van der Waals surface area (Å²) in [5.41, 5.74) is 2.49. The lowest BCUT2D eigenvalue weighted by molar-refractivity contribution is 0.0593. The number of anilines is 1. The lowest BCUT2D eigenvalue weighted by Crippen LogP contribution is -2.32. The number of pyridine rings is 1. The van der Waals surface area contributed by atoms with Crippen LogP contribution in [0.1, 0.15) is 21.7 Å². The van der Waals surface area contributed by atoms with E-state index in [2.05, 4.69) is 9.88 Å². The van der Waals surface area contributed by atoms with Gasteiger partial charge in [0.1, 0.15) is 11.5 Å². The van der Waals surface area contributed by atoms with Crippen LogP contribution < -0.4 is 4.90 Å². The van der Waals surface area contributed by atoms with E-state index in [1.807, 2.05) is 17.8 Å². The number of carbonyl (C=O) groups excluding carboxylic acids is 1. The van der Waals surface area contributed by atoms with E-state index in [0.717, 1.165) is 45.5 Å². The Morgan fingerprint density at radius 1 is 1.26 bits per heavy atom. The summed E-state index contributed by atoms with van der Waals surface area (Å²) >= 11 is 3.47. The minimum absolute atomic E-state index is 0.243. The highest BCUT2D eigenvalue weighted by molar-refractivity contribution is 7.99. The first kappa shape index (κ1) is 18.2. The quantitative estimate of drug-likeness (QED) is 0.619. The third-order valence-corrected chi connectivity index (χ3v) is 6.39. The number of halogens is 1. The molecular weight excluding hydrogens is 385 g/mol. The number of carbonyl (C=O) groups is 1. The highest BCUT2D eigenvalue weighted by Gasteiger charge is 2.18. The van der Waals surface area contributed by atoms with Crippen molar-refractivity contribution in [1.29, 1.82) is 0 Å². The Morgan fingerprint density at radius 3 is 2.85 bits per heavy atom. The van der Waals surface area contributed by atoms with Gasteiger partial charge in [-0.1, -0.05) is 17.4 Å². The average molecular weight is 404 g/mol. The van der Waals surface area contributed by atoms with E-state index in [9.17, 15) is 9.18 Å². The topological polar surface area (TPSA) is 55.3 Å². The van der Waals surface area contributed by atoms with E-state index >= 15 is 0 Å². The second-order valence-corrected chi connectivity index (χ2v) is 8.42. The Labute approximate surface area is 164 Å². The van der Waals surface area contributed by atoms with Crippen LogP contribution >= 0.6 is 23.1 Å². The van der Waals surface area contributed by atoms with Crippen molar-refractivity contribution in [2.24, 2.45) is 0 Å². The number of benzene rings is 1. The van der Waals surface area contributed by atoms with Crippen LogP contribution in [-0.4, -0.2) is 47.6 Å². The summed E-state index contributed by atoms with van der Waals surface area (Å²) in [5.74, 6) is 1.40. The zero-order valence-corrected chi connectivity index (χ0v) is 16.4. The third-order valence-electron chi connectivity index (χ3n) is 4.38. The summed E-state index contributed by atoms with van der Waals surface area (Å²) in [6, 6.07) is 8.22. The van der Waals surface area contributed by atoms with E-state index in [0.29, 0.717) is 12.1 Å². The number of thiazole rings is 1. The van der Waals surface area contributed by atoms with Crippen LogP contribution in [0.25, 0.3) is 10.2 Å². The van der Waals surface area contributed by atoms with Crippen molar-refractivity contribution in [3.8, 4) is 0 Å². The summed E-state index contributed by atoms with van der Waals surface area (Å²) in [6.45, 7) is 1.93. The maximum atomic E-state index is 14.2. The van der Waals surface area contributed by atoms with E-state index in [4.69, 9.17) is 9.72 Å². The molecule has 0 atom stereocenters. The predicted octanol–water partition coefficient (Wildman–Crippen LogP) is 3.76. The van der Waals surface area contributed by atoms with Crippen LogP contribution in [0, 0.1) is 5.82 Å². The summed E-state index contributed by atoms with van der Waals surface area (Å²) in [6.07, 6.45) is 0.401. The normalized spacial score (nSPS) is 14.5. The van der Waals surface area contributed by atoms with E-state index in [1.165, 1.54) is 30.6 Å². The smallest absolute Gasteiger partial charge is 0.356 e. The first-order valence-corrected chi connectivity index (χ1v) is 10.6. The number of rotatable bonds is 4. The number of thioether (sulfide) groups is 1. The molecule has 0 spiro atoms. The monoisotopic (exact) mass is 403 g/mol. The summed E-state index contributed by atoms with van der Waals surface area (Å²) in [7, 11) is 1.32. The predicted molar refractivity (Wildman–Crippen MR) is 107 cm³/mol. The number of nitrogens with zero attached hydrogens (tertiary/aromatic N) is 3. The summed E-state index contributed by atoms with van der Waals surface area (Å²) < 4.78 is 19.7. The third kappa shape index (κ3) is 3.91. The van der Waals surface area contributed by atoms with E-state index in [1.54, 1.807) is 12.1 Å². The molecule has 1 aliphatic rings. The van der Waals surface area contributed by atoms with Crippen molar-refractivity contribution in [2.75, 3.05) is 36.6 Å². The second-order valence-electron chi connectivity index (χ2n) is 6.19. The molecule has 1 aromatic carbocycles. The van der Waals surface area contributed by atoms with Gasteiger partial charge in [0.2, 0.25) is 0 Å². The Balaban J connectivity index is 1.69. The average Bonchev–Trinajstić information content (AvgIpc) is 3.12. The number of esters is 1. The molecule has 27 heavy (non-hydrogen) atoms. The Morgan fingerprint density at radius 2 is 2.07 bits per heavy atom. The maximum absolute atomic E-state index is 14.2. The minimum atomic E-state index is -0.486. The number of hydrogen-bond acceptors (Lipinski definition) is 7. The highest BCUT2D eigenvalue weighted by Crippen LogP contribution is 2.33. The van der Waals surface area contributed by atoms with Gasteiger partial charge in [-0.2, -0.15) is 11.8 Å². The van der Waals surface area contributed by atoms with E-state index in [-0.39, 0.29) is 11.5 Å². The molecule has 0 saturated carbocycles. The fraction of sp³-hybridized carbons (Fsp3) is 0.316. The molecule has 0 bridgehead atoms. The fourth-order valence-corrected chi connectivity index (χ4v) is 5.06. The van der Waals surface area contributed by atoms with Crippen LogP contribution in [0.15, 0.2) is 30.3 Å². The number of fused-ring (bicyclic) bond motifs is 1. The van der Waals surface area contributed by atoms with Crippen LogP contribution in [0.5, 0.6) is 0 Å². The SMILES string of the molecule is COC(=O)c1cccc(Cc2cc(F)cc3sc(N4CCSCC4)nc23)n1. The molecule has 0 radical (unpaired) electrons. The van der Waals surface area contributed by atoms with Gasteiger partial charge in [-0.25, -0.2) is 19.2 Å². The largest absolute Gasteiger partial charge is 0.464 e. The molecule has 0 unspecified atom stereocenters. The van der Waals surface area contributed by atoms with Crippen molar-refractivity contribution >= 4 is 44.4 Å². The zero-order chi connectivity index (χ0) is 18.8. The van der Waals surface area contributed by atoms with E-state index < -0.39 is 5.97 Å². The fourth-order valence-electron chi connectivity index (χ4n) is 3.07. The lowest BCUT2D eigenvalue weighted by Gasteiger charge is -2.25. The highest BCUT2D eigenvalue weighted by atomic mass is 32.2. The molecule has 1 fully saturated rings. The molecule has 3 aromatic rings. The van der Waals surface area contributed by atoms with Crippen molar-refractivity contribution in [1.82, 2.24) is 9.97 Å². The zero-order valence-electron chi connectivity index (χ0n) is 14.8. The Bertz CT molecular complexity index is 986. The van der Waals surface area contributed by atoms with Gasteiger partial charge in [0.05, 0.1) is 17.3 Å². The molecule has 8 heteroatoms. The van der Waals surface area contributed by atoms with Gasteiger partial charge in [0, 0.05) is 36.7 Å². The lowest BCUT2D eigenvalue weighted by atomic mass is 10.1. The van der Waals surface area contributed by atoms with Crippen molar-refractivity contribution in [3.63, 3.8) is 0 Å².